The highest BCUT2D eigenvalue weighted by Gasteiger charge is 2.23. The summed E-state index contributed by atoms with van der Waals surface area (Å²) < 4.78 is 21.4. The molecule has 1 aliphatic rings. The Bertz CT molecular complexity index is 1310. The normalized spacial score (nSPS) is 12.2. The van der Waals surface area contributed by atoms with E-state index in [0.29, 0.717) is 40.6 Å². The van der Waals surface area contributed by atoms with Crippen LogP contribution in [-0.2, 0) is 33.4 Å². The smallest absolute Gasteiger partial charge is 0.414 e. The Hall–Kier alpha value is -4.78. The average molecular weight is 686 g/mol. The third-order valence-electron chi connectivity index (χ3n) is 6.04. The number of ether oxygens (including phenoxy) is 4. The Kier molecular flexibility index (Phi) is 18.7. The third-order valence-corrected chi connectivity index (χ3v) is 6.94. The number of nitrogens with one attached hydrogen (secondary N) is 2. The van der Waals surface area contributed by atoms with Crippen molar-refractivity contribution in [1.82, 2.24) is 10.2 Å². The van der Waals surface area contributed by atoms with E-state index in [4.69, 9.17) is 58.6 Å². The van der Waals surface area contributed by atoms with E-state index in [0.717, 1.165) is 51.4 Å². The summed E-state index contributed by atoms with van der Waals surface area (Å²) in [4.78, 5) is 64.2. The molecule has 0 unspecified atom stereocenters. The van der Waals surface area contributed by atoms with Crippen molar-refractivity contribution in [3.05, 3.63) is 29.1 Å². The largest absolute Gasteiger partial charge is 0.493 e. The molecule has 1 aromatic heterocycles. The van der Waals surface area contributed by atoms with E-state index >= 15 is 0 Å². The molecule has 1 saturated heterocycles. The number of hydrogen-bond donors (Lipinski definition) is 6. The van der Waals surface area contributed by atoms with E-state index in [-0.39, 0.29) is 12.5 Å². The fourth-order valence-electron chi connectivity index (χ4n) is 3.84. The lowest BCUT2D eigenvalue weighted by Crippen LogP contribution is -2.37. The summed E-state index contributed by atoms with van der Waals surface area (Å²) in [6, 6.07) is 5.43. The maximum atomic E-state index is 12.8. The zero-order chi connectivity index (χ0) is 35.4. The van der Waals surface area contributed by atoms with E-state index in [1.165, 1.54) is 11.3 Å². The van der Waals surface area contributed by atoms with Crippen molar-refractivity contribution >= 4 is 52.1 Å². The molecule has 0 aliphatic carbocycles. The van der Waals surface area contributed by atoms with Gasteiger partial charge in [0, 0.05) is 37.0 Å². The van der Waals surface area contributed by atoms with Gasteiger partial charge in [-0.3, -0.25) is 9.69 Å². The van der Waals surface area contributed by atoms with Crippen molar-refractivity contribution in [1.29, 1.82) is 0 Å². The molecule has 0 bridgehead atoms. The molecule has 0 radical (unpaired) electrons. The van der Waals surface area contributed by atoms with Crippen LogP contribution in [0.3, 0.4) is 0 Å². The number of carboxylic acids is 4. The van der Waals surface area contributed by atoms with Crippen molar-refractivity contribution < 1.29 is 68.1 Å². The number of morpholine rings is 1. The van der Waals surface area contributed by atoms with Gasteiger partial charge >= 0.3 is 29.8 Å². The second-order valence-corrected chi connectivity index (χ2v) is 10.1. The summed E-state index contributed by atoms with van der Waals surface area (Å²) >= 11 is 1.30. The van der Waals surface area contributed by atoms with Gasteiger partial charge in [0.05, 0.1) is 34.0 Å². The molecule has 1 fully saturated rings. The summed E-state index contributed by atoms with van der Waals surface area (Å²) in [5.41, 5.74) is 1.78. The Morgan fingerprint density at radius 2 is 1.49 bits per heavy atom. The molecule has 260 valence electrons. The molecular weight excluding hydrogens is 646 g/mol. The number of carbonyl (C=O) groups excluding carboxylic acids is 2. The monoisotopic (exact) mass is 685 g/mol. The SMILES string of the molecule is CCOC(=O)c1c(-c2ccc(OC)c(OC)c2)csc1NC(=O)CCNCCCN1CCOCC1.O=C(O)C(=O)O.O=C(O)C(=O)O. The molecule has 0 saturated carbocycles. The van der Waals surface area contributed by atoms with Gasteiger partial charge in [0.15, 0.2) is 11.5 Å². The Balaban J connectivity index is 0.000000782. The summed E-state index contributed by atoms with van der Waals surface area (Å²) in [7, 11) is 3.13. The van der Waals surface area contributed by atoms with E-state index in [2.05, 4.69) is 15.5 Å². The molecule has 1 amide bonds. The highest BCUT2D eigenvalue weighted by molar-refractivity contribution is 7.15. The number of benzene rings is 1. The first-order valence-electron chi connectivity index (χ1n) is 14.1. The number of anilines is 1. The molecule has 2 heterocycles. The van der Waals surface area contributed by atoms with E-state index in [9.17, 15) is 9.59 Å². The number of nitrogens with zero attached hydrogens (tertiary/aromatic N) is 1. The van der Waals surface area contributed by atoms with Gasteiger partial charge in [-0.25, -0.2) is 24.0 Å². The molecule has 17 nitrogen and oxygen atoms in total. The van der Waals surface area contributed by atoms with Gasteiger partial charge in [0.25, 0.3) is 0 Å². The lowest BCUT2D eigenvalue weighted by atomic mass is 10.0. The molecule has 1 aliphatic heterocycles. The summed E-state index contributed by atoms with van der Waals surface area (Å²) in [6.07, 6.45) is 1.33. The number of esters is 1. The molecule has 1 aromatic carbocycles. The number of methoxy groups -OCH3 is 2. The van der Waals surface area contributed by atoms with Gasteiger partial charge in [-0.05, 0) is 44.1 Å². The first kappa shape index (κ1) is 40.2. The lowest BCUT2D eigenvalue weighted by Gasteiger charge is -2.26. The molecule has 2 aromatic rings. The van der Waals surface area contributed by atoms with Gasteiger partial charge in [-0.2, -0.15) is 0 Å². The van der Waals surface area contributed by atoms with Crippen LogP contribution < -0.4 is 20.1 Å². The third kappa shape index (κ3) is 14.9. The molecular formula is C29H39N3O14S. The van der Waals surface area contributed by atoms with Crippen LogP contribution in [0, 0.1) is 0 Å². The molecule has 3 rings (SSSR count). The minimum Gasteiger partial charge on any atom is -0.493 e. The molecule has 0 spiro atoms. The number of rotatable bonds is 13. The van der Waals surface area contributed by atoms with E-state index in [1.54, 1.807) is 33.3 Å². The Morgan fingerprint density at radius 1 is 0.894 bits per heavy atom. The number of hydrogen-bond acceptors (Lipinski definition) is 13. The number of carbonyl (C=O) groups is 6. The van der Waals surface area contributed by atoms with Crippen LogP contribution in [0.15, 0.2) is 23.6 Å². The van der Waals surface area contributed by atoms with Crippen LogP contribution in [0.2, 0.25) is 0 Å². The minimum absolute atomic E-state index is 0.156. The average Bonchev–Trinajstić information content (AvgIpc) is 3.46. The second-order valence-electron chi connectivity index (χ2n) is 9.22. The van der Waals surface area contributed by atoms with Gasteiger partial charge in [-0.15, -0.1) is 11.3 Å². The topological polar surface area (TPSA) is 248 Å². The van der Waals surface area contributed by atoms with Crippen molar-refractivity contribution in [2.75, 3.05) is 72.1 Å². The zero-order valence-corrected chi connectivity index (χ0v) is 26.9. The van der Waals surface area contributed by atoms with Crippen molar-refractivity contribution in [2.45, 2.75) is 19.8 Å². The molecule has 47 heavy (non-hydrogen) atoms. The second kappa shape index (κ2) is 21.9. The van der Waals surface area contributed by atoms with Gasteiger partial charge in [-0.1, -0.05) is 6.07 Å². The van der Waals surface area contributed by atoms with E-state index < -0.39 is 29.8 Å². The molecule has 6 N–H and O–H groups in total. The van der Waals surface area contributed by atoms with Crippen molar-refractivity contribution in [3.8, 4) is 22.6 Å². The number of thiophene rings is 1. The predicted octanol–water partition coefficient (Wildman–Crippen LogP) is 1.56. The fraction of sp³-hybridized carbons (Fsp3) is 0.448. The van der Waals surface area contributed by atoms with Crippen molar-refractivity contribution in [3.63, 3.8) is 0 Å². The molecule has 0 atom stereocenters. The maximum absolute atomic E-state index is 12.8. The molecule has 18 heteroatoms. The van der Waals surface area contributed by atoms with Crippen LogP contribution in [0.1, 0.15) is 30.1 Å². The number of aliphatic carboxylic acids is 4. The number of carboxylic acid groups (broad SMARTS) is 4. The standard InChI is InChI=1S/C25H35N3O6S.2C2H2O4/c1-4-34-25(30)23-19(18-6-7-20(31-2)21(16-18)32-3)17-35-24(23)27-22(29)8-10-26-9-5-11-28-12-14-33-15-13-28;2*3-1(4)2(5)6/h6-7,16-17,26H,4-5,8-15H2,1-3H3,(H,27,29);2*(H,3,4)(H,5,6). The van der Waals surface area contributed by atoms with Gasteiger partial charge in [0.2, 0.25) is 5.91 Å². The van der Waals surface area contributed by atoms with Gasteiger partial charge < -0.3 is 50.0 Å². The quantitative estimate of drug-likeness (QED) is 0.0994. The first-order valence-corrected chi connectivity index (χ1v) is 15.0. The number of amides is 1. The van der Waals surface area contributed by atoms with Crippen LogP contribution in [0.5, 0.6) is 11.5 Å². The highest BCUT2D eigenvalue weighted by Crippen LogP contribution is 2.39. The van der Waals surface area contributed by atoms with Crippen LogP contribution >= 0.6 is 11.3 Å². The van der Waals surface area contributed by atoms with Crippen LogP contribution in [-0.4, -0.2) is 128 Å². The Labute approximate surface area is 274 Å². The summed E-state index contributed by atoms with van der Waals surface area (Å²) in [6.45, 7) is 8.01. The highest BCUT2D eigenvalue weighted by atomic mass is 32.1. The predicted molar refractivity (Wildman–Crippen MR) is 167 cm³/mol. The summed E-state index contributed by atoms with van der Waals surface area (Å²) in [5.74, 6) is -6.78. The van der Waals surface area contributed by atoms with E-state index in [1.807, 2.05) is 11.4 Å². The van der Waals surface area contributed by atoms with Crippen molar-refractivity contribution in [2.24, 2.45) is 0 Å². The lowest BCUT2D eigenvalue weighted by molar-refractivity contribution is -0.159. The fourth-order valence-corrected chi connectivity index (χ4v) is 4.81. The van der Waals surface area contributed by atoms with Gasteiger partial charge in [0.1, 0.15) is 10.6 Å². The zero-order valence-electron chi connectivity index (χ0n) is 26.1. The Morgan fingerprint density at radius 3 is 2.02 bits per heavy atom. The maximum Gasteiger partial charge on any atom is 0.414 e. The minimum atomic E-state index is -1.82. The first-order chi connectivity index (χ1) is 22.4. The van der Waals surface area contributed by atoms with Crippen LogP contribution in [0.25, 0.3) is 11.1 Å². The summed E-state index contributed by atoms with van der Waals surface area (Å²) in [5, 5.41) is 38.1. The van der Waals surface area contributed by atoms with Crippen LogP contribution in [0.4, 0.5) is 5.00 Å².